The zero-order valence-corrected chi connectivity index (χ0v) is 14.4. The number of hydrogen-bond acceptors (Lipinski definition) is 7. The number of aliphatic hydroxyl groups is 1. The number of benzene rings is 1. The maximum Gasteiger partial charge on any atom is 0.316 e. The number of methoxy groups -OCH3 is 3. The summed E-state index contributed by atoms with van der Waals surface area (Å²) in [5, 5.41) is 12.7. The van der Waals surface area contributed by atoms with Crippen molar-refractivity contribution in [1.82, 2.24) is 15.3 Å². The van der Waals surface area contributed by atoms with Crippen LogP contribution in [-0.4, -0.2) is 48.9 Å². The van der Waals surface area contributed by atoms with E-state index in [9.17, 15) is 9.90 Å². The highest BCUT2D eigenvalue weighted by Crippen LogP contribution is 2.27. The van der Waals surface area contributed by atoms with Crippen molar-refractivity contribution >= 4 is 5.91 Å². The Morgan fingerprint density at radius 2 is 1.80 bits per heavy atom. The Bertz CT molecular complexity index is 706. The minimum atomic E-state index is -1.34. The molecule has 8 heteroatoms. The van der Waals surface area contributed by atoms with E-state index in [1.807, 2.05) is 12.1 Å². The van der Waals surface area contributed by atoms with Gasteiger partial charge in [0.15, 0.2) is 17.6 Å². The fraction of sp³-hybridized carbons (Fsp3) is 0.353. The lowest BCUT2D eigenvalue weighted by molar-refractivity contribution is -0.129. The molecule has 134 valence electrons. The summed E-state index contributed by atoms with van der Waals surface area (Å²) in [6, 6.07) is 5.71. The van der Waals surface area contributed by atoms with Crippen LogP contribution in [0, 0.1) is 0 Å². The van der Waals surface area contributed by atoms with E-state index >= 15 is 0 Å². The molecule has 0 bridgehead atoms. The van der Waals surface area contributed by atoms with Crippen LogP contribution < -0.4 is 19.5 Å². The number of carbonyl (C=O) groups is 1. The lowest BCUT2D eigenvalue weighted by atomic mass is 10.1. The van der Waals surface area contributed by atoms with Crippen LogP contribution in [0.1, 0.15) is 17.2 Å². The van der Waals surface area contributed by atoms with Gasteiger partial charge >= 0.3 is 6.01 Å². The van der Waals surface area contributed by atoms with Gasteiger partial charge in [-0.15, -0.1) is 0 Å². The van der Waals surface area contributed by atoms with Crippen LogP contribution >= 0.6 is 0 Å². The highest BCUT2D eigenvalue weighted by atomic mass is 16.5. The van der Waals surface area contributed by atoms with Gasteiger partial charge in [0.05, 0.1) is 21.3 Å². The van der Waals surface area contributed by atoms with E-state index in [1.54, 1.807) is 20.3 Å². The van der Waals surface area contributed by atoms with Gasteiger partial charge in [-0.2, -0.15) is 0 Å². The zero-order chi connectivity index (χ0) is 18.2. The molecule has 0 radical (unpaired) electrons. The summed E-state index contributed by atoms with van der Waals surface area (Å²) >= 11 is 0. The van der Waals surface area contributed by atoms with Crippen LogP contribution in [0.2, 0.25) is 0 Å². The molecule has 0 saturated carbocycles. The average molecular weight is 347 g/mol. The first kappa shape index (κ1) is 18.5. The predicted octanol–water partition coefficient (Wildman–Crippen LogP) is 0.895. The summed E-state index contributed by atoms with van der Waals surface area (Å²) in [6.45, 7) is 0.363. The number of nitrogens with one attached hydrogen (secondary N) is 1. The molecule has 2 rings (SSSR count). The molecule has 1 heterocycles. The molecular formula is C17H21N3O5. The van der Waals surface area contributed by atoms with Crippen molar-refractivity contribution < 1.29 is 24.1 Å². The first-order valence-electron chi connectivity index (χ1n) is 7.61. The third-order valence-electron chi connectivity index (χ3n) is 3.56. The van der Waals surface area contributed by atoms with Crippen LogP contribution in [-0.2, 0) is 11.2 Å². The van der Waals surface area contributed by atoms with Gasteiger partial charge in [-0.3, -0.25) is 4.79 Å². The second kappa shape index (κ2) is 8.84. The summed E-state index contributed by atoms with van der Waals surface area (Å²) in [7, 11) is 4.57. The van der Waals surface area contributed by atoms with E-state index in [-0.39, 0.29) is 6.01 Å². The van der Waals surface area contributed by atoms with Crippen LogP contribution in [0.3, 0.4) is 0 Å². The van der Waals surface area contributed by atoms with Crippen molar-refractivity contribution in [3.63, 3.8) is 0 Å². The van der Waals surface area contributed by atoms with Gasteiger partial charge in [0.2, 0.25) is 0 Å². The van der Waals surface area contributed by atoms with Crippen LogP contribution in [0.4, 0.5) is 0 Å². The second-order valence-corrected chi connectivity index (χ2v) is 5.14. The minimum absolute atomic E-state index is 0.171. The number of amides is 1. The van der Waals surface area contributed by atoms with Crippen molar-refractivity contribution in [2.75, 3.05) is 27.9 Å². The van der Waals surface area contributed by atoms with Crippen molar-refractivity contribution in [3.05, 3.63) is 41.7 Å². The first-order chi connectivity index (χ1) is 12.1. The molecular weight excluding hydrogens is 326 g/mol. The lowest BCUT2D eigenvalue weighted by Crippen LogP contribution is -2.31. The molecule has 0 fully saturated rings. The molecule has 0 aliphatic heterocycles. The van der Waals surface area contributed by atoms with Gasteiger partial charge in [-0.05, 0) is 24.1 Å². The Labute approximate surface area is 145 Å². The average Bonchev–Trinajstić information content (AvgIpc) is 2.67. The smallest absolute Gasteiger partial charge is 0.316 e. The van der Waals surface area contributed by atoms with E-state index < -0.39 is 12.0 Å². The predicted molar refractivity (Wildman–Crippen MR) is 89.8 cm³/mol. The fourth-order valence-electron chi connectivity index (χ4n) is 2.19. The third-order valence-corrected chi connectivity index (χ3v) is 3.56. The van der Waals surface area contributed by atoms with E-state index in [0.29, 0.717) is 30.0 Å². The van der Waals surface area contributed by atoms with Gasteiger partial charge in [0, 0.05) is 24.5 Å². The van der Waals surface area contributed by atoms with Gasteiger partial charge < -0.3 is 24.6 Å². The maximum absolute atomic E-state index is 12.0. The zero-order valence-electron chi connectivity index (χ0n) is 14.4. The number of aromatic nitrogens is 2. The minimum Gasteiger partial charge on any atom is -0.493 e. The molecule has 0 aliphatic carbocycles. The topological polar surface area (TPSA) is 103 Å². The first-order valence-corrected chi connectivity index (χ1v) is 7.61. The molecule has 1 amide bonds. The van der Waals surface area contributed by atoms with E-state index in [2.05, 4.69) is 15.3 Å². The van der Waals surface area contributed by atoms with Crippen molar-refractivity contribution in [3.8, 4) is 17.5 Å². The summed E-state index contributed by atoms with van der Waals surface area (Å²) in [4.78, 5) is 19.7. The number of nitrogens with zero attached hydrogens (tertiary/aromatic N) is 2. The second-order valence-electron chi connectivity index (χ2n) is 5.14. The normalized spacial score (nSPS) is 11.5. The molecule has 0 spiro atoms. The van der Waals surface area contributed by atoms with Crippen LogP contribution in [0.25, 0.3) is 0 Å². The molecule has 1 atom stereocenters. The third kappa shape index (κ3) is 4.80. The van der Waals surface area contributed by atoms with E-state index in [1.165, 1.54) is 19.5 Å². The number of carbonyl (C=O) groups excluding carboxylic acids is 1. The molecule has 25 heavy (non-hydrogen) atoms. The van der Waals surface area contributed by atoms with Crippen molar-refractivity contribution in [2.24, 2.45) is 0 Å². The SMILES string of the molecule is COc1ncc(C(O)C(=O)NCCc2ccc(OC)c(OC)c2)cn1. The maximum atomic E-state index is 12.0. The van der Waals surface area contributed by atoms with Gasteiger partial charge in [0.25, 0.3) is 5.91 Å². The molecule has 0 saturated heterocycles. The number of hydrogen-bond donors (Lipinski definition) is 2. The van der Waals surface area contributed by atoms with Crippen molar-refractivity contribution in [2.45, 2.75) is 12.5 Å². The number of ether oxygens (including phenoxy) is 3. The summed E-state index contributed by atoms with van der Waals surface area (Å²) < 4.78 is 15.3. The fourth-order valence-corrected chi connectivity index (χ4v) is 2.19. The number of aliphatic hydroxyl groups excluding tert-OH is 1. The van der Waals surface area contributed by atoms with Gasteiger partial charge in [-0.25, -0.2) is 9.97 Å². The Balaban J connectivity index is 1.89. The monoisotopic (exact) mass is 347 g/mol. The summed E-state index contributed by atoms with van der Waals surface area (Å²) in [5.74, 6) is 0.751. The van der Waals surface area contributed by atoms with Gasteiger partial charge in [0.1, 0.15) is 0 Å². The highest BCUT2D eigenvalue weighted by Gasteiger charge is 2.18. The largest absolute Gasteiger partial charge is 0.493 e. The molecule has 2 N–H and O–H groups in total. The molecule has 1 aromatic carbocycles. The summed E-state index contributed by atoms with van der Waals surface area (Å²) in [6.07, 6.45) is 1.95. The van der Waals surface area contributed by atoms with Gasteiger partial charge in [-0.1, -0.05) is 6.07 Å². The molecule has 1 aromatic heterocycles. The molecule has 0 aliphatic rings. The van der Waals surface area contributed by atoms with E-state index in [4.69, 9.17) is 14.2 Å². The Kier molecular flexibility index (Phi) is 6.53. The standard InChI is InChI=1S/C17H21N3O5/c1-23-13-5-4-11(8-14(13)24-2)6-7-18-16(22)15(21)12-9-19-17(25-3)20-10-12/h4-5,8-10,15,21H,6-7H2,1-3H3,(H,18,22). The van der Waals surface area contributed by atoms with E-state index in [0.717, 1.165) is 5.56 Å². The lowest BCUT2D eigenvalue weighted by Gasteiger charge is -2.12. The highest BCUT2D eigenvalue weighted by molar-refractivity contribution is 5.81. The molecule has 8 nitrogen and oxygen atoms in total. The Morgan fingerprint density at radius 1 is 1.12 bits per heavy atom. The Morgan fingerprint density at radius 3 is 2.40 bits per heavy atom. The summed E-state index contributed by atoms with van der Waals surface area (Å²) in [5.41, 5.74) is 1.27. The Hall–Kier alpha value is -2.87. The molecule has 1 unspecified atom stereocenters. The van der Waals surface area contributed by atoms with Crippen molar-refractivity contribution in [1.29, 1.82) is 0 Å². The molecule has 2 aromatic rings. The van der Waals surface area contributed by atoms with Crippen LogP contribution in [0.15, 0.2) is 30.6 Å². The quantitative estimate of drug-likeness (QED) is 0.731. The van der Waals surface area contributed by atoms with Crippen LogP contribution in [0.5, 0.6) is 17.5 Å². The number of rotatable bonds is 8.